The number of carbonyl (C=O) groups is 1. The summed E-state index contributed by atoms with van der Waals surface area (Å²) in [5, 5.41) is 6.19. The molecule has 1 amide bonds. The molecule has 2 rings (SSSR count). The van der Waals surface area contributed by atoms with Crippen LogP contribution in [0.1, 0.15) is 31.7 Å². The molecule has 0 spiro atoms. The number of amides is 1. The van der Waals surface area contributed by atoms with Crippen molar-refractivity contribution in [2.45, 2.75) is 32.7 Å². The number of hydrogen-bond acceptors (Lipinski definition) is 2. The van der Waals surface area contributed by atoms with Crippen LogP contribution in [0.5, 0.6) is 0 Å². The van der Waals surface area contributed by atoms with Gasteiger partial charge in [0, 0.05) is 13.1 Å². The third-order valence-corrected chi connectivity index (χ3v) is 3.83. The lowest BCUT2D eigenvalue weighted by atomic mass is 10.0. The summed E-state index contributed by atoms with van der Waals surface area (Å²) in [5.41, 5.74) is 1.64. The fourth-order valence-corrected chi connectivity index (χ4v) is 2.13. The summed E-state index contributed by atoms with van der Waals surface area (Å²) in [6.45, 7) is 4.24. The molecule has 0 aliphatic heterocycles. The quantitative estimate of drug-likeness (QED) is 0.773. The van der Waals surface area contributed by atoms with Crippen molar-refractivity contribution in [1.82, 2.24) is 10.6 Å². The Hall–Kier alpha value is -1.35. The molecule has 1 saturated carbocycles. The molecule has 1 aliphatic rings. The van der Waals surface area contributed by atoms with Gasteiger partial charge in [-0.1, -0.05) is 37.3 Å². The van der Waals surface area contributed by atoms with Crippen LogP contribution >= 0.6 is 0 Å². The molecule has 2 N–H and O–H groups in total. The molecule has 98 valence electrons. The Morgan fingerprint density at radius 3 is 2.61 bits per heavy atom. The maximum Gasteiger partial charge on any atom is 0.234 e. The Bertz CT molecular complexity index is 385. The molecule has 0 unspecified atom stereocenters. The van der Waals surface area contributed by atoms with E-state index in [4.69, 9.17) is 0 Å². The Kier molecular flexibility index (Phi) is 4.37. The van der Waals surface area contributed by atoms with Crippen LogP contribution in [0.4, 0.5) is 0 Å². The van der Waals surface area contributed by atoms with E-state index in [0.717, 1.165) is 12.1 Å². The fraction of sp³-hybridized carbons (Fsp3) is 0.533. The second-order valence-corrected chi connectivity index (χ2v) is 5.22. The zero-order valence-electron chi connectivity index (χ0n) is 11.0. The average molecular weight is 246 g/mol. The number of benzene rings is 1. The SMILES string of the molecule is CCC1(CNCC(=O)NCc2ccccc2)CC1. The van der Waals surface area contributed by atoms with Gasteiger partial charge in [0.25, 0.3) is 0 Å². The van der Waals surface area contributed by atoms with Crippen LogP contribution in [0.15, 0.2) is 30.3 Å². The van der Waals surface area contributed by atoms with Crippen LogP contribution in [0.3, 0.4) is 0 Å². The predicted octanol–water partition coefficient (Wildman–Crippen LogP) is 2.08. The third kappa shape index (κ3) is 3.84. The van der Waals surface area contributed by atoms with E-state index >= 15 is 0 Å². The molecule has 0 heterocycles. The molecule has 18 heavy (non-hydrogen) atoms. The van der Waals surface area contributed by atoms with E-state index in [1.165, 1.54) is 19.3 Å². The Balaban J connectivity index is 1.61. The Morgan fingerprint density at radius 1 is 1.28 bits per heavy atom. The van der Waals surface area contributed by atoms with Gasteiger partial charge in [0.2, 0.25) is 5.91 Å². The summed E-state index contributed by atoms with van der Waals surface area (Å²) in [6.07, 6.45) is 3.83. The van der Waals surface area contributed by atoms with Crippen LogP contribution < -0.4 is 10.6 Å². The maximum atomic E-state index is 11.6. The van der Waals surface area contributed by atoms with Crippen LogP contribution in [0.25, 0.3) is 0 Å². The zero-order valence-corrected chi connectivity index (χ0v) is 11.0. The monoisotopic (exact) mass is 246 g/mol. The summed E-state index contributed by atoms with van der Waals surface area (Å²) in [4.78, 5) is 11.6. The van der Waals surface area contributed by atoms with E-state index in [0.29, 0.717) is 18.5 Å². The van der Waals surface area contributed by atoms with Crippen molar-refractivity contribution >= 4 is 5.91 Å². The first kappa shape index (κ1) is 13.1. The van der Waals surface area contributed by atoms with Gasteiger partial charge in [-0.2, -0.15) is 0 Å². The highest BCUT2D eigenvalue weighted by molar-refractivity contribution is 5.77. The van der Waals surface area contributed by atoms with Gasteiger partial charge in [0.1, 0.15) is 0 Å². The minimum absolute atomic E-state index is 0.0748. The van der Waals surface area contributed by atoms with Crippen molar-refractivity contribution in [3.05, 3.63) is 35.9 Å². The summed E-state index contributed by atoms with van der Waals surface area (Å²) in [7, 11) is 0. The lowest BCUT2D eigenvalue weighted by Gasteiger charge is -2.13. The molecule has 0 atom stereocenters. The van der Waals surface area contributed by atoms with E-state index in [9.17, 15) is 4.79 Å². The number of nitrogens with one attached hydrogen (secondary N) is 2. The van der Waals surface area contributed by atoms with Gasteiger partial charge in [-0.25, -0.2) is 0 Å². The smallest absolute Gasteiger partial charge is 0.234 e. The van der Waals surface area contributed by atoms with Crippen molar-refractivity contribution < 1.29 is 4.79 Å². The third-order valence-electron chi connectivity index (χ3n) is 3.83. The molecular formula is C15H22N2O. The van der Waals surface area contributed by atoms with Gasteiger partial charge in [-0.3, -0.25) is 4.79 Å². The van der Waals surface area contributed by atoms with Crippen LogP contribution in [0, 0.1) is 5.41 Å². The fourth-order valence-electron chi connectivity index (χ4n) is 2.13. The van der Waals surface area contributed by atoms with E-state index in [-0.39, 0.29) is 5.91 Å². The molecule has 0 aromatic heterocycles. The molecule has 0 bridgehead atoms. The summed E-state index contributed by atoms with van der Waals surface area (Å²) in [6, 6.07) is 9.98. The zero-order chi connectivity index (χ0) is 12.8. The molecule has 3 nitrogen and oxygen atoms in total. The highest BCUT2D eigenvalue weighted by Gasteiger charge is 2.39. The second-order valence-electron chi connectivity index (χ2n) is 5.22. The molecule has 1 aliphatic carbocycles. The molecule has 1 aromatic rings. The molecule has 3 heteroatoms. The van der Waals surface area contributed by atoms with Crippen LogP contribution in [-0.2, 0) is 11.3 Å². The minimum Gasteiger partial charge on any atom is -0.351 e. The number of rotatable bonds is 7. The van der Waals surface area contributed by atoms with Gasteiger partial charge in [0.15, 0.2) is 0 Å². The molecular weight excluding hydrogens is 224 g/mol. The van der Waals surface area contributed by atoms with Crippen molar-refractivity contribution in [3.63, 3.8) is 0 Å². The molecule has 1 fully saturated rings. The summed E-state index contributed by atoms with van der Waals surface area (Å²) in [5.74, 6) is 0.0748. The first-order valence-electron chi connectivity index (χ1n) is 6.75. The predicted molar refractivity (Wildman–Crippen MR) is 73.1 cm³/mol. The Labute approximate surface area is 109 Å². The van der Waals surface area contributed by atoms with E-state index in [1.54, 1.807) is 0 Å². The average Bonchev–Trinajstić information content (AvgIpc) is 3.18. The van der Waals surface area contributed by atoms with E-state index in [1.807, 2.05) is 30.3 Å². The molecule has 0 radical (unpaired) electrons. The molecule has 1 aromatic carbocycles. The first-order chi connectivity index (χ1) is 8.74. The number of hydrogen-bond donors (Lipinski definition) is 2. The summed E-state index contributed by atoms with van der Waals surface area (Å²) < 4.78 is 0. The van der Waals surface area contributed by atoms with Gasteiger partial charge in [-0.05, 0) is 30.2 Å². The minimum atomic E-state index is 0.0748. The van der Waals surface area contributed by atoms with Crippen LogP contribution in [-0.4, -0.2) is 19.0 Å². The van der Waals surface area contributed by atoms with Crippen LogP contribution in [0.2, 0.25) is 0 Å². The van der Waals surface area contributed by atoms with Gasteiger partial charge in [-0.15, -0.1) is 0 Å². The lowest BCUT2D eigenvalue weighted by molar-refractivity contribution is -0.120. The maximum absolute atomic E-state index is 11.6. The number of carbonyl (C=O) groups excluding carboxylic acids is 1. The first-order valence-corrected chi connectivity index (χ1v) is 6.75. The Morgan fingerprint density at radius 2 is 2.00 bits per heavy atom. The van der Waals surface area contributed by atoms with Crippen molar-refractivity contribution in [2.75, 3.05) is 13.1 Å². The van der Waals surface area contributed by atoms with Crippen molar-refractivity contribution in [3.8, 4) is 0 Å². The van der Waals surface area contributed by atoms with Crippen molar-refractivity contribution in [1.29, 1.82) is 0 Å². The highest BCUT2D eigenvalue weighted by Crippen LogP contribution is 2.47. The molecule has 0 saturated heterocycles. The highest BCUT2D eigenvalue weighted by atomic mass is 16.1. The van der Waals surface area contributed by atoms with Gasteiger partial charge in [0.05, 0.1) is 6.54 Å². The second kappa shape index (κ2) is 6.01. The van der Waals surface area contributed by atoms with Gasteiger partial charge >= 0.3 is 0 Å². The lowest BCUT2D eigenvalue weighted by Crippen LogP contribution is -2.36. The largest absolute Gasteiger partial charge is 0.351 e. The van der Waals surface area contributed by atoms with Crippen molar-refractivity contribution in [2.24, 2.45) is 5.41 Å². The van der Waals surface area contributed by atoms with E-state index < -0.39 is 0 Å². The van der Waals surface area contributed by atoms with Gasteiger partial charge < -0.3 is 10.6 Å². The summed E-state index contributed by atoms with van der Waals surface area (Å²) >= 11 is 0. The topological polar surface area (TPSA) is 41.1 Å². The van der Waals surface area contributed by atoms with E-state index in [2.05, 4.69) is 17.6 Å². The normalized spacial score (nSPS) is 16.3. The standard InChI is InChI=1S/C15H22N2O/c1-2-15(8-9-15)12-16-11-14(18)17-10-13-6-4-3-5-7-13/h3-7,16H,2,8-12H2,1H3,(H,17,18).